The van der Waals surface area contributed by atoms with Crippen molar-refractivity contribution < 1.29 is 0 Å². The maximum absolute atomic E-state index is 4.26. The molecule has 3 nitrogen and oxygen atoms in total. The standard InChI is InChI=1S/C6H7N3S/c1-7-5-4-9-2-3-10-6(9)8-5/h2-4,7H,1H3. The Hall–Kier alpha value is -1.03. The molecule has 2 heterocycles. The fraction of sp³-hybridized carbons (Fsp3) is 0.167. The Kier molecular flexibility index (Phi) is 1.14. The van der Waals surface area contributed by atoms with Crippen molar-refractivity contribution in [1.29, 1.82) is 0 Å². The third-order valence-corrected chi connectivity index (χ3v) is 2.12. The quantitative estimate of drug-likeness (QED) is 0.671. The molecule has 0 spiro atoms. The monoisotopic (exact) mass is 153 g/mol. The van der Waals surface area contributed by atoms with Crippen LogP contribution in [0.25, 0.3) is 4.96 Å². The highest BCUT2D eigenvalue weighted by molar-refractivity contribution is 7.15. The van der Waals surface area contributed by atoms with Crippen molar-refractivity contribution in [3.8, 4) is 0 Å². The van der Waals surface area contributed by atoms with Crippen molar-refractivity contribution in [2.75, 3.05) is 12.4 Å². The lowest BCUT2D eigenvalue weighted by Gasteiger charge is -1.85. The van der Waals surface area contributed by atoms with E-state index in [1.54, 1.807) is 11.3 Å². The van der Waals surface area contributed by atoms with Crippen LogP contribution in [-0.2, 0) is 0 Å². The summed E-state index contributed by atoms with van der Waals surface area (Å²) in [5.74, 6) is 0.923. The number of imidazole rings is 1. The molecule has 0 fully saturated rings. The number of hydrogen-bond donors (Lipinski definition) is 1. The van der Waals surface area contributed by atoms with Gasteiger partial charge in [0, 0.05) is 18.6 Å². The molecule has 0 aromatic carbocycles. The van der Waals surface area contributed by atoms with Gasteiger partial charge in [0.2, 0.25) is 0 Å². The molecule has 0 atom stereocenters. The molecule has 0 aliphatic heterocycles. The summed E-state index contributed by atoms with van der Waals surface area (Å²) < 4.78 is 2.00. The number of nitrogens with one attached hydrogen (secondary N) is 1. The molecule has 0 saturated heterocycles. The Labute approximate surface area is 62.3 Å². The molecule has 0 aliphatic rings. The number of rotatable bonds is 1. The molecule has 0 amide bonds. The first-order valence-electron chi connectivity index (χ1n) is 3.00. The lowest BCUT2D eigenvalue weighted by Crippen LogP contribution is -1.85. The molecule has 0 saturated carbocycles. The number of anilines is 1. The molecule has 4 heteroatoms. The molecule has 52 valence electrons. The Bertz CT molecular complexity index is 307. The van der Waals surface area contributed by atoms with Crippen molar-refractivity contribution in [2.45, 2.75) is 0 Å². The van der Waals surface area contributed by atoms with Gasteiger partial charge in [0.25, 0.3) is 0 Å². The number of aromatic nitrogens is 2. The predicted octanol–water partition coefficient (Wildman–Crippen LogP) is 1.44. The summed E-state index contributed by atoms with van der Waals surface area (Å²) in [6, 6.07) is 0. The van der Waals surface area contributed by atoms with Gasteiger partial charge in [-0.1, -0.05) is 0 Å². The van der Waals surface area contributed by atoms with Gasteiger partial charge in [-0.25, -0.2) is 4.98 Å². The van der Waals surface area contributed by atoms with Gasteiger partial charge in [-0.05, 0) is 0 Å². The van der Waals surface area contributed by atoms with Crippen LogP contribution >= 0.6 is 11.3 Å². The van der Waals surface area contributed by atoms with Gasteiger partial charge in [-0.15, -0.1) is 11.3 Å². The summed E-state index contributed by atoms with van der Waals surface area (Å²) in [5.41, 5.74) is 0. The maximum atomic E-state index is 4.26. The van der Waals surface area contributed by atoms with Crippen LogP contribution in [0.4, 0.5) is 5.82 Å². The Morgan fingerprint density at radius 2 is 2.60 bits per heavy atom. The van der Waals surface area contributed by atoms with Crippen LogP contribution in [-0.4, -0.2) is 16.4 Å². The van der Waals surface area contributed by atoms with Crippen molar-refractivity contribution in [2.24, 2.45) is 0 Å². The minimum Gasteiger partial charge on any atom is -0.372 e. The van der Waals surface area contributed by atoms with Gasteiger partial charge in [0.1, 0.15) is 5.82 Å². The van der Waals surface area contributed by atoms with E-state index in [1.807, 2.05) is 29.2 Å². The first kappa shape index (κ1) is 5.73. The predicted molar refractivity (Wildman–Crippen MR) is 42.6 cm³/mol. The number of hydrogen-bond acceptors (Lipinski definition) is 3. The molecule has 0 unspecified atom stereocenters. The van der Waals surface area contributed by atoms with E-state index in [2.05, 4.69) is 10.3 Å². The van der Waals surface area contributed by atoms with Crippen LogP contribution in [0.1, 0.15) is 0 Å². The number of thiazole rings is 1. The molecule has 1 N–H and O–H groups in total. The zero-order valence-corrected chi connectivity index (χ0v) is 6.35. The van der Waals surface area contributed by atoms with E-state index >= 15 is 0 Å². The van der Waals surface area contributed by atoms with Crippen LogP contribution in [0.15, 0.2) is 17.8 Å². The Morgan fingerprint density at radius 1 is 1.70 bits per heavy atom. The highest BCUT2D eigenvalue weighted by Crippen LogP contribution is 2.13. The molecular formula is C6H7N3S. The second kappa shape index (κ2) is 1.98. The number of nitrogens with zero attached hydrogens (tertiary/aromatic N) is 2. The van der Waals surface area contributed by atoms with E-state index in [-0.39, 0.29) is 0 Å². The zero-order valence-electron chi connectivity index (χ0n) is 5.53. The van der Waals surface area contributed by atoms with Gasteiger partial charge in [-0.3, -0.25) is 4.40 Å². The summed E-state index contributed by atoms with van der Waals surface area (Å²) >= 11 is 1.64. The fourth-order valence-electron chi connectivity index (χ4n) is 0.848. The van der Waals surface area contributed by atoms with Crippen LogP contribution < -0.4 is 5.32 Å². The van der Waals surface area contributed by atoms with Crippen molar-refractivity contribution >= 4 is 22.1 Å². The van der Waals surface area contributed by atoms with Crippen LogP contribution in [0, 0.1) is 0 Å². The highest BCUT2D eigenvalue weighted by Gasteiger charge is 1.97. The van der Waals surface area contributed by atoms with Crippen LogP contribution in [0.3, 0.4) is 0 Å². The zero-order chi connectivity index (χ0) is 6.97. The molecule has 10 heavy (non-hydrogen) atoms. The van der Waals surface area contributed by atoms with E-state index in [0.29, 0.717) is 0 Å². The Morgan fingerprint density at radius 3 is 3.30 bits per heavy atom. The van der Waals surface area contributed by atoms with Crippen LogP contribution in [0.2, 0.25) is 0 Å². The molecule has 2 aromatic rings. The molecule has 2 aromatic heterocycles. The van der Waals surface area contributed by atoms with Crippen molar-refractivity contribution in [1.82, 2.24) is 9.38 Å². The normalized spacial score (nSPS) is 10.5. The fourth-order valence-corrected chi connectivity index (χ4v) is 1.55. The SMILES string of the molecule is CNc1cn2ccsc2n1. The second-order valence-electron chi connectivity index (χ2n) is 1.97. The third-order valence-electron chi connectivity index (χ3n) is 1.35. The molecule has 0 radical (unpaired) electrons. The molecular weight excluding hydrogens is 146 g/mol. The average molecular weight is 153 g/mol. The summed E-state index contributed by atoms with van der Waals surface area (Å²) in [4.78, 5) is 5.29. The second-order valence-corrected chi connectivity index (χ2v) is 2.84. The minimum absolute atomic E-state index is 0.923. The smallest absolute Gasteiger partial charge is 0.195 e. The van der Waals surface area contributed by atoms with E-state index in [9.17, 15) is 0 Å². The molecule has 2 rings (SSSR count). The first-order valence-corrected chi connectivity index (χ1v) is 3.88. The highest BCUT2D eigenvalue weighted by atomic mass is 32.1. The van der Waals surface area contributed by atoms with Crippen molar-refractivity contribution in [3.63, 3.8) is 0 Å². The van der Waals surface area contributed by atoms with E-state index in [1.165, 1.54) is 0 Å². The lowest BCUT2D eigenvalue weighted by atomic mass is 10.7. The number of fused-ring (bicyclic) bond motifs is 1. The molecule has 0 aliphatic carbocycles. The summed E-state index contributed by atoms with van der Waals surface area (Å²) in [6.07, 6.45) is 3.96. The van der Waals surface area contributed by atoms with Crippen LogP contribution in [0.5, 0.6) is 0 Å². The summed E-state index contributed by atoms with van der Waals surface area (Å²) in [6.45, 7) is 0. The van der Waals surface area contributed by atoms with Gasteiger partial charge >= 0.3 is 0 Å². The average Bonchev–Trinajstić information content (AvgIpc) is 2.42. The van der Waals surface area contributed by atoms with E-state index in [4.69, 9.17) is 0 Å². The molecule has 0 bridgehead atoms. The largest absolute Gasteiger partial charge is 0.372 e. The lowest BCUT2D eigenvalue weighted by molar-refractivity contribution is 1.23. The van der Waals surface area contributed by atoms with Gasteiger partial charge in [0.05, 0.1) is 6.20 Å². The van der Waals surface area contributed by atoms with E-state index in [0.717, 1.165) is 10.8 Å². The maximum Gasteiger partial charge on any atom is 0.195 e. The van der Waals surface area contributed by atoms with Gasteiger partial charge in [-0.2, -0.15) is 0 Å². The Balaban J connectivity index is 2.67. The van der Waals surface area contributed by atoms with Gasteiger partial charge < -0.3 is 5.32 Å². The first-order chi connectivity index (χ1) is 4.90. The summed E-state index contributed by atoms with van der Waals surface area (Å²) in [5, 5.41) is 4.99. The third kappa shape index (κ3) is 0.690. The topological polar surface area (TPSA) is 29.3 Å². The minimum atomic E-state index is 0.923. The van der Waals surface area contributed by atoms with Gasteiger partial charge in [0.15, 0.2) is 4.96 Å². The summed E-state index contributed by atoms with van der Waals surface area (Å²) in [7, 11) is 1.87. The van der Waals surface area contributed by atoms with E-state index < -0.39 is 0 Å². The van der Waals surface area contributed by atoms with Crippen molar-refractivity contribution in [3.05, 3.63) is 17.8 Å².